The number of aliphatic hydroxyl groups is 3. The maximum absolute atomic E-state index is 13.6. The second kappa shape index (κ2) is 11.3. The molecule has 1 aliphatic heterocycles. The van der Waals surface area contributed by atoms with E-state index < -0.39 is 53.8 Å². The minimum absolute atomic E-state index is 0.202. The lowest BCUT2D eigenvalue weighted by atomic mass is 9.96. The van der Waals surface area contributed by atoms with Crippen molar-refractivity contribution in [1.29, 1.82) is 0 Å². The Labute approximate surface area is 207 Å². The molecule has 2 aromatic carbocycles. The van der Waals surface area contributed by atoms with Gasteiger partial charge < -0.3 is 30.8 Å². The summed E-state index contributed by atoms with van der Waals surface area (Å²) >= 11 is 7.38. The SMILES string of the molecule is N/C(=C\N(N)C1C(O)C(CO)OC(Sc2ccc(P)c(Cl)c2P)C1O)c1cc(F)c(F)c(F)c1. The number of thioether (sulfide) groups is 1. The molecule has 1 fully saturated rings. The van der Waals surface area contributed by atoms with Crippen LogP contribution in [0.1, 0.15) is 5.56 Å². The lowest BCUT2D eigenvalue weighted by molar-refractivity contribution is -0.184. The molecule has 0 saturated carbocycles. The van der Waals surface area contributed by atoms with Gasteiger partial charge in [-0.1, -0.05) is 29.4 Å². The van der Waals surface area contributed by atoms with E-state index in [9.17, 15) is 28.5 Å². The number of hydrogen-bond acceptors (Lipinski definition) is 8. The first-order valence-electron chi connectivity index (χ1n) is 9.74. The van der Waals surface area contributed by atoms with E-state index in [0.717, 1.165) is 28.3 Å². The number of aliphatic hydroxyl groups excluding tert-OH is 3. The lowest BCUT2D eigenvalue weighted by Crippen LogP contribution is -2.64. The molecular formula is C20H23ClF3N3O4P2S. The van der Waals surface area contributed by atoms with E-state index in [-0.39, 0.29) is 11.3 Å². The van der Waals surface area contributed by atoms with E-state index in [1.807, 2.05) is 0 Å². The van der Waals surface area contributed by atoms with Crippen molar-refractivity contribution in [2.75, 3.05) is 6.61 Å². The van der Waals surface area contributed by atoms with Gasteiger partial charge in [-0.2, -0.15) is 0 Å². The first-order chi connectivity index (χ1) is 16.0. The van der Waals surface area contributed by atoms with Crippen LogP contribution in [0.5, 0.6) is 0 Å². The van der Waals surface area contributed by atoms with Crippen LogP contribution in [0.25, 0.3) is 5.70 Å². The third kappa shape index (κ3) is 5.64. The highest BCUT2D eigenvalue weighted by atomic mass is 35.5. The summed E-state index contributed by atoms with van der Waals surface area (Å²) in [6.45, 7) is -0.581. The highest BCUT2D eigenvalue weighted by molar-refractivity contribution is 8.00. The summed E-state index contributed by atoms with van der Waals surface area (Å²) in [5.74, 6) is 1.51. The summed E-state index contributed by atoms with van der Waals surface area (Å²) in [5.41, 5.74) is 4.42. The van der Waals surface area contributed by atoms with Crippen molar-refractivity contribution in [2.45, 2.75) is 34.7 Å². The zero-order valence-electron chi connectivity index (χ0n) is 17.4. The molecule has 0 spiro atoms. The third-order valence-corrected chi connectivity index (χ3v) is 8.52. The van der Waals surface area contributed by atoms with Crippen molar-refractivity contribution in [3.05, 3.63) is 58.5 Å². The molecular weight excluding hydrogens is 533 g/mol. The Balaban J connectivity index is 1.89. The van der Waals surface area contributed by atoms with Gasteiger partial charge in [-0.15, -0.1) is 18.5 Å². The smallest absolute Gasteiger partial charge is 0.194 e. The Kier molecular flexibility index (Phi) is 9.12. The molecule has 1 aliphatic rings. The zero-order chi connectivity index (χ0) is 25.3. The first-order valence-corrected chi connectivity index (χ1v) is 12.1. The summed E-state index contributed by atoms with van der Waals surface area (Å²) in [5, 5.41) is 34.1. The van der Waals surface area contributed by atoms with Crippen LogP contribution >= 0.6 is 41.8 Å². The van der Waals surface area contributed by atoms with Crippen molar-refractivity contribution >= 4 is 58.1 Å². The number of rotatable bonds is 6. The Morgan fingerprint density at radius 3 is 2.38 bits per heavy atom. The predicted octanol–water partition coefficient (Wildman–Crippen LogP) is 0.791. The molecule has 0 radical (unpaired) electrons. The minimum Gasteiger partial charge on any atom is -0.397 e. The van der Waals surface area contributed by atoms with Gasteiger partial charge in [0.25, 0.3) is 0 Å². The molecule has 186 valence electrons. The van der Waals surface area contributed by atoms with Gasteiger partial charge in [-0.05, 0) is 23.5 Å². The number of benzene rings is 2. The molecule has 0 aromatic heterocycles. The van der Waals surface area contributed by atoms with Crippen LogP contribution in [0, 0.1) is 17.5 Å². The van der Waals surface area contributed by atoms with Gasteiger partial charge in [0.15, 0.2) is 17.5 Å². The monoisotopic (exact) mass is 555 g/mol. The molecule has 0 aliphatic carbocycles. The average molecular weight is 556 g/mol. The lowest BCUT2D eigenvalue weighted by Gasteiger charge is -2.45. The number of ether oxygens (including phenoxy) is 1. The van der Waals surface area contributed by atoms with Crippen molar-refractivity contribution in [3.63, 3.8) is 0 Å². The van der Waals surface area contributed by atoms with Gasteiger partial charge in [0.05, 0.1) is 17.3 Å². The zero-order valence-corrected chi connectivity index (χ0v) is 21.3. The Morgan fingerprint density at radius 2 is 1.79 bits per heavy atom. The van der Waals surface area contributed by atoms with E-state index in [1.165, 1.54) is 0 Å². The molecule has 7 N–H and O–H groups in total. The van der Waals surface area contributed by atoms with Crippen LogP contribution in [0.2, 0.25) is 5.02 Å². The van der Waals surface area contributed by atoms with Crippen LogP contribution in [0.3, 0.4) is 0 Å². The van der Waals surface area contributed by atoms with Crippen LogP contribution in [0.4, 0.5) is 13.2 Å². The van der Waals surface area contributed by atoms with Gasteiger partial charge in [-0.25, -0.2) is 19.0 Å². The van der Waals surface area contributed by atoms with Crippen LogP contribution in [-0.2, 0) is 4.74 Å². The third-order valence-electron chi connectivity index (χ3n) is 5.21. The fraction of sp³-hybridized carbons (Fsp3) is 0.300. The molecule has 1 heterocycles. The molecule has 7 unspecified atom stereocenters. The molecule has 0 bridgehead atoms. The number of hydrogen-bond donors (Lipinski definition) is 5. The van der Waals surface area contributed by atoms with Gasteiger partial charge in [0.2, 0.25) is 0 Å². The van der Waals surface area contributed by atoms with Crippen molar-refractivity contribution in [1.82, 2.24) is 5.01 Å². The second-order valence-electron chi connectivity index (χ2n) is 7.48. The molecule has 7 nitrogen and oxygen atoms in total. The van der Waals surface area contributed by atoms with Crippen LogP contribution < -0.4 is 22.2 Å². The summed E-state index contributed by atoms with van der Waals surface area (Å²) in [7, 11) is 5.00. The van der Waals surface area contributed by atoms with Gasteiger partial charge in [-0.3, -0.25) is 0 Å². The largest absolute Gasteiger partial charge is 0.397 e. The van der Waals surface area contributed by atoms with E-state index >= 15 is 0 Å². The molecule has 14 heteroatoms. The normalized spacial score (nSPS) is 25.5. The maximum Gasteiger partial charge on any atom is 0.194 e. The molecule has 7 atom stereocenters. The standard InChI is InChI=1S/C20H23ClF3N3O4P2S/c21-14-12(32)1-2-13(19(14)33)34-20-18(30)16(17(29)11(6-28)31-20)27(26)5-10(25)7-3-8(22)15(24)9(23)4-7/h1-5,11,16-18,20,28-30H,6,25-26,32-33H2/b10-5-. The number of nitrogens with two attached hydrogens (primary N) is 2. The molecule has 1 saturated heterocycles. The van der Waals surface area contributed by atoms with Crippen LogP contribution in [-0.4, -0.2) is 56.7 Å². The predicted molar refractivity (Wildman–Crippen MR) is 132 cm³/mol. The molecule has 0 amide bonds. The van der Waals surface area contributed by atoms with E-state index in [0.29, 0.717) is 27.4 Å². The number of nitrogens with zero attached hydrogens (tertiary/aromatic N) is 1. The Bertz CT molecular complexity index is 1080. The van der Waals surface area contributed by atoms with Crippen molar-refractivity contribution < 1.29 is 33.2 Å². The summed E-state index contributed by atoms with van der Waals surface area (Å²) in [6.07, 6.45) is -2.94. The highest BCUT2D eigenvalue weighted by Gasteiger charge is 2.46. The fourth-order valence-electron chi connectivity index (χ4n) is 3.38. The van der Waals surface area contributed by atoms with Crippen molar-refractivity contribution in [3.8, 4) is 0 Å². The van der Waals surface area contributed by atoms with E-state index in [1.54, 1.807) is 12.1 Å². The quantitative estimate of drug-likeness (QED) is 0.153. The number of hydrazine groups is 1. The number of halogens is 4. The van der Waals surface area contributed by atoms with Crippen molar-refractivity contribution in [2.24, 2.45) is 11.6 Å². The van der Waals surface area contributed by atoms with Crippen LogP contribution in [0.15, 0.2) is 35.4 Å². The highest BCUT2D eigenvalue weighted by Crippen LogP contribution is 2.35. The molecule has 34 heavy (non-hydrogen) atoms. The Morgan fingerprint density at radius 1 is 1.18 bits per heavy atom. The fourth-order valence-corrected chi connectivity index (χ4v) is 5.61. The Hall–Kier alpha value is -1.13. The van der Waals surface area contributed by atoms with E-state index in [4.69, 9.17) is 27.9 Å². The topological polar surface area (TPSA) is 125 Å². The maximum atomic E-state index is 13.6. The summed E-state index contributed by atoms with van der Waals surface area (Å²) in [6, 6.07) is 3.66. The molecule has 3 rings (SSSR count). The second-order valence-corrected chi connectivity index (χ2v) is 10.2. The van der Waals surface area contributed by atoms with E-state index in [2.05, 4.69) is 18.5 Å². The summed E-state index contributed by atoms with van der Waals surface area (Å²) in [4.78, 5) is 0.660. The van der Waals surface area contributed by atoms with Gasteiger partial charge >= 0.3 is 0 Å². The summed E-state index contributed by atoms with van der Waals surface area (Å²) < 4.78 is 46.1. The minimum atomic E-state index is -1.65. The average Bonchev–Trinajstić information content (AvgIpc) is 2.79. The molecule has 2 aromatic rings. The van der Waals surface area contributed by atoms with Gasteiger partial charge in [0, 0.05) is 22.0 Å². The first kappa shape index (κ1) is 27.5. The van der Waals surface area contributed by atoms with Gasteiger partial charge in [0.1, 0.15) is 29.8 Å².